The van der Waals surface area contributed by atoms with Gasteiger partial charge in [0.25, 0.3) is 0 Å². The largest absolute Gasteiger partial charge is 0.378 e. The van der Waals surface area contributed by atoms with E-state index < -0.39 is 5.60 Å². The molecule has 1 aliphatic rings. The fourth-order valence-corrected chi connectivity index (χ4v) is 4.05. The van der Waals surface area contributed by atoms with Crippen LogP contribution in [0, 0.1) is 17.8 Å². The minimum absolute atomic E-state index is 0.367. The summed E-state index contributed by atoms with van der Waals surface area (Å²) in [4.78, 5) is 16.5. The number of nitrogens with one attached hydrogen (secondary N) is 2. The molecule has 2 heterocycles. The van der Waals surface area contributed by atoms with Crippen LogP contribution in [0.4, 0.5) is 11.5 Å². The van der Waals surface area contributed by atoms with Crippen molar-refractivity contribution in [2.24, 2.45) is 5.92 Å². The van der Waals surface area contributed by atoms with E-state index in [1.807, 2.05) is 18.2 Å². The van der Waals surface area contributed by atoms with Gasteiger partial charge in [0, 0.05) is 5.69 Å². The summed E-state index contributed by atoms with van der Waals surface area (Å²) < 4.78 is 0. The van der Waals surface area contributed by atoms with Crippen LogP contribution in [-0.2, 0) is 6.42 Å². The summed E-state index contributed by atoms with van der Waals surface area (Å²) in [6, 6.07) is 8.22. The van der Waals surface area contributed by atoms with Crippen molar-refractivity contribution in [2.75, 3.05) is 5.32 Å². The minimum atomic E-state index is -0.955. The van der Waals surface area contributed by atoms with Gasteiger partial charge < -0.3 is 15.4 Å². The van der Waals surface area contributed by atoms with Crippen LogP contribution < -0.4 is 5.32 Å². The Balaban J connectivity index is 1.68. The summed E-state index contributed by atoms with van der Waals surface area (Å²) >= 11 is 0. The van der Waals surface area contributed by atoms with Crippen LogP contribution in [0.25, 0.3) is 11.2 Å². The van der Waals surface area contributed by atoms with Crippen molar-refractivity contribution < 1.29 is 5.11 Å². The molecule has 1 aromatic carbocycles. The topological polar surface area (TPSA) is 86.7 Å². The van der Waals surface area contributed by atoms with Gasteiger partial charge in [-0.2, -0.15) is 4.98 Å². The summed E-state index contributed by atoms with van der Waals surface area (Å²) in [7, 11) is 0. The van der Waals surface area contributed by atoms with Crippen molar-refractivity contribution >= 4 is 22.7 Å². The Kier molecular flexibility index (Phi) is 5.50. The predicted molar refractivity (Wildman–Crippen MR) is 115 cm³/mol. The van der Waals surface area contributed by atoms with Crippen molar-refractivity contribution in [3.63, 3.8) is 0 Å². The van der Waals surface area contributed by atoms with Crippen molar-refractivity contribution in [3.8, 4) is 11.8 Å². The molecular weight excluding hydrogens is 362 g/mol. The molecule has 0 aliphatic heterocycles. The third-order valence-corrected chi connectivity index (χ3v) is 5.46. The molecule has 1 aliphatic carbocycles. The average Bonchev–Trinajstić information content (AvgIpc) is 3.17. The van der Waals surface area contributed by atoms with E-state index >= 15 is 0 Å². The second kappa shape index (κ2) is 8.22. The van der Waals surface area contributed by atoms with E-state index in [9.17, 15) is 5.11 Å². The standard InChI is InChI=1S/C23H27N5O/c1-3-7-17-9-4-5-10-18(17)26-22-20-21(25-15-24-20)27-19(28-22)11-13-23(29)12-6-8-16(2)14-23/h4-5,9-10,15-16,29H,3,6-8,12,14H2,1-2H3,(H2,24,25,26,27,28)/t16-,23-/m1/s1. The molecule has 0 spiro atoms. The van der Waals surface area contributed by atoms with Gasteiger partial charge in [0.2, 0.25) is 5.82 Å². The van der Waals surface area contributed by atoms with E-state index in [0.717, 1.165) is 36.9 Å². The Morgan fingerprint density at radius 3 is 3.00 bits per heavy atom. The molecule has 6 nitrogen and oxygen atoms in total. The molecule has 2 atom stereocenters. The Labute approximate surface area is 171 Å². The fourth-order valence-electron chi connectivity index (χ4n) is 4.05. The average molecular weight is 390 g/mol. The summed E-state index contributed by atoms with van der Waals surface area (Å²) in [5.41, 5.74) is 2.60. The number of anilines is 2. The number of hydrogen-bond donors (Lipinski definition) is 3. The SMILES string of the molecule is CCCc1ccccc1Nc1nc(C#C[C@]2(O)CCC[C@@H](C)C2)nc2nc[nH]c12. The second-order valence-corrected chi connectivity index (χ2v) is 8.01. The van der Waals surface area contributed by atoms with Gasteiger partial charge in [0.05, 0.1) is 6.33 Å². The smallest absolute Gasteiger partial charge is 0.209 e. The Bertz CT molecular complexity index is 1060. The molecule has 3 aromatic rings. The molecule has 1 fully saturated rings. The zero-order valence-corrected chi connectivity index (χ0v) is 17.0. The number of aromatic amines is 1. The van der Waals surface area contributed by atoms with Crippen LogP contribution in [0.2, 0.25) is 0 Å². The van der Waals surface area contributed by atoms with E-state index in [1.165, 1.54) is 5.56 Å². The van der Waals surface area contributed by atoms with Crippen molar-refractivity contribution in [3.05, 3.63) is 42.0 Å². The van der Waals surface area contributed by atoms with Crippen molar-refractivity contribution in [2.45, 2.75) is 58.0 Å². The van der Waals surface area contributed by atoms with Crippen molar-refractivity contribution in [1.29, 1.82) is 0 Å². The highest BCUT2D eigenvalue weighted by Crippen LogP contribution is 2.31. The Hall–Kier alpha value is -2.91. The van der Waals surface area contributed by atoms with Crippen LogP contribution >= 0.6 is 0 Å². The lowest BCUT2D eigenvalue weighted by molar-refractivity contribution is 0.0410. The number of aliphatic hydroxyl groups is 1. The van der Waals surface area contributed by atoms with Gasteiger partial charge >= 0.3 is 0 Å². The molecule has 4 rings (SSSR count). The van der Waals surface area contributed by atoms with Crippen LogP contribution in [0.1, 0.15) is 57.3 Å². The minimum Gasteiger partial charge on any atom is -0.378 e. The quantitative estimate of drug-likeness (QED) is 0.578. The van der Waals surface area contributed by atoms with Gasteiger partial charge in [-0.3, -0.25) is 0 Å². The maximum atomic E-state index is 10.8. The highest BCUT2D eigenvalue weighted by Gasteiger charge is 2.30. The van der Waals surface area contributed by atoms with E-state index in [-0.39, 0.29) is 0 Å². The van der Waals surface area contributed by atoms with Gasteiger partial charge in [0.15, 0.2) is 11.5 Å². The number of para-hydroxylation sites is 1. The molecule has 0 radical (unpaired) electrons. The maximum absolute atomic E-state index is 10.8. The highest BCUT2D eigenvalue weighted by atomic mass is 16.3. The monoisotopic (exact) mass is 389 g/mol. The first-order chi connectivity index (χ1) is 14.1. The zero-order valence-electron chi connectivity index (χ0n) is 17.0. The Morgan fingerprint density at radius 1 is 1.31 bits per heavy atom. The van der Waals surface area contributed by atoms with Gasteiger partial charge in [-0.25, -0.2) is 9.97 Å². The third kappa shape index (κ3) is 4.41. The van der Waals surface area contributed by atoms with E-state index in [2.05, 4.69) is 57.0 Å². The number of nitrogens with zero attached hydrogens (tertiary/aromatic N) is 3. The maximum Gasteiger partial charge on any atom is 0.209 e. The molecule has 0 amide bonds. The van der Waals surface area contributed by atoms with Crippen molar-refractivity contribution in [1.82, 2.24) is 19.9 Å². The first kappa shape index (κ1) is 19.4. The number of benzene rings is 1. The van der Waals surface area contributed by atoms with E-state index in [0.29, 0.717) is 36.0 Å². The zero-order chi connectivity index (χ0) is 20.3. The van der Waals surface area contributed by atoms with E-state index in [1.54, 1.807) is 6.33 Å². The number of fused-ring (bicyclic) bond motifs is 1. The number of imidazole rings is 1. The molecule has 0 unspecified atom stereocenters. The highest BCUT2D eigenvalue weighted by molar-refractivity contribution is 5.85. The molecule has 3 N–H and O–H groups in total. The third-order valence-electron chi connectivity index (χ3n) is 5.46. The number of rotatable bonds is 4. The summed E-state index contributed by atoms with van der Waals surface area (Å²) in [6.45, 7) is 4.33. The molecule has 2 aromatic heterocycles. The van der Waals surface area contributed by atoms with E-state index in [4.69, 9.17) is 0 Å². The predicted octanol–water partition coefficient (Wildman–Crippen LogP) is 4.34. The first-order valence-corrected chi connectivity index (χ1v) is 10.4. The molecule has 150 valence electrons. The Morgan fingerprint density at radius 2 is 2.17 bits per heavy atom. The molecule has 6 heteroatoms. The summed E-state index contributed by atoms with van der Waals surface area (Å²) in [5.74, 6) is 7.53. The molecule has 0 saturated heterocycles. The van der Waals surface area contributed by atoms with Crippen LogP contribution in [-0.4, -0.2) is 30.6 Å². The van der Waals surface area contributed by atoms with Gasteiger partial charge in [-0.1, -0.05) is 50.8 Å². The number of H-pyrrole nitrogens is 1. The normalized spacial score (nSPS) is 21.6. The summed E-state index contributed by atoms with van der Waals surface area (Å²) in [6.07, 6.45) is 7.19. The lowest BCUT2D eigenvalue weighted by atomic mass is 9.79. The lowest BCUT2D eigenvalue weighted by Gasteiger charge is -2.30. The van der Waals surface area contributed by atoms with Gasteiger partial charge in [-0.15, -0.1) is 0 Å². The molecule has 29 heavy (non-hydrogen) atoms. The fraction of sp³-hybridized carbons (Fsp3) is 0.435. The van der Waals surface area contributed by atoms with Crippen LogP contribution in [0.15, 0.2) is 30.6 Å². The van der Waals surface area contributed by atoms with Gasteiger partial charge in [0.1, 0.15) is 11.1 Å². The molecule has 0 bridgehead atoms. The van der Waals surface area contributed by atoms with Crippen LogP contribution in [0.5, 0.6) is 0 Å². The summed E-state index contributed by atoms with van der Waals surface area (Å²) in [5, 5.41) is 14.2. The number of aryl methyl sites for hydroxylation is 1. The second-order valence-electron chi connectivity index (χ2n) is 8.01. The number of aromatic nitrogens is 4. The first-order valence-electron chi connectivity index (χ1n) is 10.4. The van der Waals surface area contributed by atoms with Gasteiger partial charge in [-0.05, 0) is 49.2 Å². The molecular formula is C23H27N5O. The lowest BCUT2D eigenvalue weighted by Crippen LogP contribution is -2.32. The van der Waals surface area contributed by atoms with Crippen LogP contribution in [0.3, 0.4) is 0 Å². The number of hydrogen-bond acceptors (Lipinski definition) is 5. The molecule has 1 saturated carbocycles.